The zero-order valence-corrected chi connectivity index (χ0v) is 17.1. The van der Waals surface area contributed by atoms with E-state index in [4.69, 9.17) is 0 Å². The normalized spacial score (nSPS) is 25.6. The Morgan fingerprint density at radius 1 is 0.667 bits per heavy atom. The van der Waals surface area contributed by atoms with Gasteiger partial charge in [-0.25, -0.2) is 0 Å². The molecule has 0 amide bonds. The molecule has 2 bridgehead atoms. The highest BCUT2D eigenvalue weighted by Crippen LogP contribution is 2.65. The molecule has 4 aromatic carbocycles. The molecule has 4 aromatic rings. The first-order chi connectivity index (χ1) is 14.8. The second-order valence-electron chi connectivity index (χ2n) is 9.54. The number of rotatable bonds is 2. The molecule has 1 nitrogen and oxygen atoms in total. The van der Waals surface area contributed by atoms with Crippen molar-refractivity contribution in [2.45, 2.75) is 31.1 Å². The van der Waals surface area contributed by atoms with Gasteiger partial charge in [-0.15, -0.1) is 0 Å². The quantitative estimate of drug-likeness (QED) is 0.372. The summed E-state index contributed by atoms with van der Waals surface area (Å²) in [5.41, 5.74) is 8.71. The lowest BCUT2D eigenvalue weighted by Gasteiger charge is -2.36. The van der Waals surface area contributed by atoms with Crippen molar-refractivity contribution in [1.29, 1.82) is 0 Å². The van der Waals surface area contributed by atoms with Crippen LogP contribution in [-0.4, -0.2) is 0 Å². The Labute approximate surface area is 177 Å². The standard InChI is InChI=1S/C29H25N/c1-2-6-21-16-23(12-10-20(21)5-1)30-24-13-14-26-25-7-3-4-8-27(25)29(28(26)17-24)18-19-9-11-22(29)15-19/h1-8,10,12-14,16-17,19,22,30H,9,11,15,18H2/t19-,22+,29+/m0/s1. The first kappa shape index (κ1) is 16.7. The summed E-state index contributed by atoms with van der Waals surface area (Å²) in [5.74, 6) is 1.71. The fourth-order valence-corrected chi connectivity index (χ4v) is 6.90. The summed E-state index contributed by atoms with van der Waals surface area (Å²) in [6, 6.07) is 31.5. The summed E-state index contributed by atoms with van der Waals surface area (Å²) in [7, 11) is 0. The van der Waals surface area contributed by atoms with Crippen molar-refractivity contribution in [2.75, 3.05) is 5.32 Å². The van der Waals surface area contributed by atoms with Crippen LogP contribution in [0.4, 0.5) is 11.4 Å². The lowest BCUT2D eigenvalue weighted by Crippen LogP contribution is -2.31. The van der Waals surface area contributed by atoms with Crippen molar-refractivity contribution in [3.8, 4) is 11.1 Å². The van der Waals surface area contributed by atoms with Gasteiger partial charge in [-0.05, 0) is 88.4 Å². The molecule has 1 heteroatoms. The molecule has 30 heavy (non-hydrogen) atoms. The zero-order valence-electron chi connectivity index (χ0n) is 17.1. The lowest BCUT2D eigenvalue weighted by atomic mass is 9.67. The van der Waals surface area contributed by atoms with E-state index in [2.05, 4.69) is 90.2 Å². The van der Waals surface area contributed by atoms with Gasteiger partial charge in [0.15, 0.2) is 0 Å². The molecule has 0 unspecified atom stereocenters. The summed E-state index contributed by atoms with van der Waals surface area (Å²) < 4.78 is 0. The van der Waals surface area contributed by atoms with E-state index < -0.39 is 0 Å². The molecule has 0 aromatic heterocycles. The van der Waals surface area contributed by atoms with Crippen molar-refractivity contribution >= 4 is 22.1 Å². The SMILES string of the molecule is c1ccc2c(c1)-c1ccc(Nc3ccc4ccccc4c3)cc1[C@@]21C[C@H]2CC[C@@H]1C2. The Bertz CT molecular complexity index is 1300. The van der Waals surface area contributed by atoms with E-state index >= 15 is 0 Å². The second kappa shape index (κ2) is 5.98. The Hall–Kier alpha value is -3.06. The van der Waals surface area contributed by atoms with Crippen LogP contribution >= 0.6 is 0 Å². The van der Waals surface area contributed by atoms with Gasteiger partial charge in [-0.3, -0.25) is 0 Å². The maximum absolute atomic E-state index is 3.70. The van der Waals surface area contributed by atoms with Gasteiger partial charge in [-0.2, -0.15) is 0 Å². The second-order valence-corrected chi connectivity index (χ2v) is 9.54. The van der Waals surface area contributed by atoms with Crippen molar-refractivity contribution < 1.29 is 0 Å². The molecule has 146 valence electrons. The minimum Gasteiger partial charge on any atom is -0.355 e. The fraction of sp³-hybridized carbons (Fsp3) is 0.241. The third kappa shape index (κ3) is 2.18. The average molecular weight is 388 g/mol. The van der Waals surface area contributed by atoms with Crippen LogP contribution in [-0.2, 0) is 5.41 Å². The smallest absolute Gasteiger partial charge is 0.0390 e. The highest BCUT2D eigenvalue weighted by Gasteiger charge is 2.56. The van der Waals surface area contributed by atoms with Gasteiger partial charge in [0.1, 0.15) is 0 Å². The minimum atomic E-state index is 0.246. The van der Waals surface area contributed by atoms with Crippen molar-refractivity contribution in [3.63, 3.8) is 0 Å². The number of benzene rings is 4. The van der Waals surface area contributed by atoms with Gasteiger partial charge in [0.2, 0.25) is 0 Å². The van der Waals surface area contributed by atoms with Crippen LogP contribution in [0.1, 0.15) is 36.8 Å². The molecule has 0 aliphatic heterocycles. The van der Waals surface area contributed by atoms with E-state index in [9.17, 15) is 0 Å². The van der Waals surface area contributed by atoms with Crippen molar-refractivity contribution in [2.24, 2.45) is 11.8 Å². The van der Waals surface area contributed by atoms with Crippen LogP contribution in [0.25, 0.3) is 21.9 Å². The van der Waals surface area contributed by atoms with E-state index in [-0.39, 0.29) is 5.41 Å². The third-order valence-electron chi connectivity index (χ3n) is 8.08. The summed E-state index contributed by atoms with van der Waals surface area (Å²) >= 11 is 0. The van der Waals surface area contributed by atoms with Gasteiger partial charge in [0, 0.05) is 16.8 Å². The van der Waals surface area contributed by atoms with Crippen LogP contribution in [0, 0.1) is 11.8 Å². The highest BCUT2D eigenvalue weighted by atomic mass is 14.9. The number of hydrogen-bond acceptors (Lipinski definition) is 1. The maximum Gasteiger partial charge on any atom is 0.0390 e. The van der Waals surface area contributed by atoms with Crippen LogP contribution in [0.15, 0.2) is 84.9 Å². The molecule has 1 N–H and O–H groups in total. The van der Waals surface area contributed by atoms with Gasteiger partial charge in [-0.1, -0.05) is 67.1 Å². The Morgan fingerprint density at radius 3 is 2.30 bits per heavy atom. The molecular formula is C29H25N. The average Bonchev–Trinajstić information content (AvgIpc) is 3.47. The predicted molar refractivity (Wildman–Crippen MR) is 125 cm³/mol. The van der Waals surface area contributed by atoms with Crippen LogP contribution in [0.5, 0.6) is 0 Å². The lowest BCUT2D eigenvalue weighted by molar-refractivity contribution is 0.327. The Morgan fingerprint density at radius 2 is 1.43 bits per heavy atom. The van der Waals surface area contributed by atoms with E-state index in [1.807, 2.05) is 0 Å². The van der Waals surface area contributed by atoms with E-state index in [0.29, 0.717) is 0 Å². The molecule has 2 saturated carbocycles. The van der Waals surface area contributed by atoms with Gasteiger partial charge in [0.25, 0.3) is 0 Å². The molecule has 3 atom stereocenters. The molecule has 3 aliphatic rings. The monoisotopic (exact) mass is 387 g/mol. The molecule has 3 aliphatic carbocycles. The topological polar surface area (TPSA) is 12.0 Å². The van der Waals surface area contributed by atoms with Gasteiger partial charge < -0.3 is 5.32 Å². The number of fused-ring (bicyclic) bond motifs is 9. The number of hydrogen-bond donors (Lipinski definition) is 1. The molecule has 2 fully saturated rings. The zero-order chi connectivity index (χ0) is 19.7. The molecule has 0 saturated heterocycles. The maximum atomic E-state index is 3.70. The van der Waals surface area contributed by atoms with Crippen molar-refractivity contribution in [1.82, 2.24) is 0 Å². The van der Waals surface area contributed by atoms with E-state index in [0.717, 1.165) is 17.5 Å². The molecular weight excluding hydrogens is 362 g/mol. The molecule has 1 spiro atoms. The Balaban J connectivity index is 1.34. The van der Waals surface area contributed by atoms with Gasteiger partial charge >= 0.3 is 0 Å². The van der Waals surface area contributed by atoms with Crippen LogP contribution < -0.4 is 5.32 Å². The highest BCUT2D eigenvalue weighted by molar-refractivity contribution is 5.87. The molecule has 0 heterocycles. The first-order valence-electron chi connectivity index (χ1n) is 11.3. The Kier molecular flexibility index (Phi) is 3.33. The summed E-state index contributed by atoms with van der Waals surface area (Å²) in [6.45, 7) is 0. The number of anilines is 2. The third-order valence-corrected chi connectivity index (χ3v) is 8.08. The number of nitrogens with one attached hydrogen (secondary N) is 1. The van der Waals surface area contributed by atoms with Crippen molar-refractivity contribution in [3.05, 3.63) is 96.1 Å². The first-order valence-corrected chi connectivity index (χ1v) is 11.3. The largest absolute Gasteiger partial charge is 0.355 e. The molecule has 7 rings (SSSR count). The predicted octanol–water partition coefficient (Wildman–Crippen LogP) is 7.67. The van der Waals surface area contributed by atoms with Gasteiger partial charge in [0.05, 0.1) is 0 Å². The fourth-order valence-electron chi connectivity index (χ4n) is 6.90. The van der Waals surface area contributed by atoms with Crippen LogP contribution in [0.2, 0.25) is 0 Å². The van der Waals surface area contributed by atoms with E-state index in [1.54, 1.807) is 11.1 Å². The summed E-state index contributed by atoms with van der Waals surface area (Å²) in [6.07, 6.45) is 5.57. The summed E-state index contributed by atoms with van der Waals surface area (Å²) in [5, 5.41) is 6.27. The molecule has 0 radical (unpaired) electrons. The van der Waals surface area contributed by atoms with E-state index in [1.165, 1.54) is 53.3 Å². The van der Waals surface area contributed by atoms with Crippen LogP contribution in [0.3, 0.4) is 0 Å². The summed E-state index contributed by atoms with van der Waals surface area (Å²) in [4.78, 5) is 0. The minimum absolute atomic E-state index is 0.246.